The van der Waals surface area contributed by atoms with Crippen LogP contribution in [0.4, 0.5) is 0 Å². The van der Waals surface area contributed by atoms with Gasteiger partial charge in [-0.05, 0) is 31.5 Å². The molecule has 1 aliphatic heterocycles. The largest absolute Gasteiger partial charge is 0.380 e. The number of benzene rings is 1. The first-order chi connectivity index (χ1) is 9.15. The minimum atomic E-state index is -0.353. The number of nitrogens with zero attached hydrogens (tertiary/aromatic N) is 1. The van der Waals surface area contributed by atoms with E-state index in [4.69, 9.17) is 16.3 Å². The molecule has 1 aromatic rings. The number of halogens is 1. The molecule has 1 heterocycles. The summed E-state index contributed by atoms with van der Waals surface area (Å²) in [7, 11) is 2.02. The van der Waals surface area contributed by atoms with Crippen molar-refractivity contribution in [3.05, 3.63) is 34.9 Å². The summed E-state index contributed by atoms with van der Waals surface area (Å²) in [5, 5.41) is 0.773. The van der Waals surface area contributed by atoms with E-state index >= 15 is 0 Å². The Morgan fingerprint density at radius 1 is 1.47 bits per heavy atom. The predicted octanol–water partition coefficient (Wildman–Crippen LogP) is 2.77. The summed E-state index contributed by atoms with van der Waals surface area (Å²) in [5.41, 5.74) is 0.735. The van der Waals surface area contributed by atoms with Crippen LogP contribution in [-0.2, 0) is 16.1 Å². The Bertz CT molecular complexity index is 430. The molecule has 1 saturated heterocycles. The summed E-state index contributed by atoms with van der Waals surface area (Å²) in [5.74, 6) is 0. The van der Waals surface area contributed by atoms with Gasteiger partial charge in [-0.25, -0.2) is 0 Å². The van der Waals surface area contributed by atoms with Crippen molar-refractivity contribution >= 4 is 17.9 Å². The highest BCUT2D eigenvalue weighted by atomic mass is 35.5. The summed E-state index contributed by atoms with van der Waals surface area (Å²) in [6.45, 7) is 2.75. The summed E-state index contributed by atoms with van der Waals surface area (Å²) in [4.78, 5) is 13.5. The third-order valence-electron chi connectivity index (χ3n) is 3.59. The first-order valence-electron chi connectivity index (χ1n) is 6.61. The van der Waals surface area contributed by atoms with Crippen LogP contribution in [-0.4, -0.2) is 38.0 Å². The number of carbonyl (C=O) groups is 1. The van der Waals surface area contributed by atoms with Gasteiger partial charge in [0.15, 0.2) is 0 Å². The van der Waals surface area contributed by atoms with E-state index in [1.54, 1.807) is 0 Å². The third kappa shape index (κ3) is 3.78. The van der Waals surface area contributed by atoms with Crippen LogP contribution in [0.2, 0.25) is 5.02 Å². The number of hydrogen-bond donors (Lipinski definition) is 0. The molecule has 2 rings (SSSR count). The lowest BCUT2D eigenvalue weighted by Gasteiger charge is -2.35. The Morgan fingerprint density at radius 3 is 2.89 bits per heavy atom. The van der Waals surface area contributed by atoms with Gasteiger partial charge in [-0.3, -0.25) is 0 Å². The fraction of sp³-hybridized carbons (Fsp3) is 0.533. The lowest BCUT2D eigenvalue weighted by Crippen LogP contribution is -2.42. The Morgan fingerprint density at radius 2 is 2.26 bits per heavy atom. The van der Waals surface area contributed by atoms with Gasteiger partial charge in [0, 0.05) is 24.7 Å². The Labute approximate surface area is 119 Å². The summed E-state index contributed by atoms with van der Waals surface area (Å²) in [6.07, 6.45) is 2.93. The highest BCUT2D eigenvalue weighted by molar-refractivity contribution is 6.31. The maximum atomic E-state index is 11.4. The molecule has 19 heavy (non-hydrogen) atoms. The van der Waals surface area contributed by atoms with Gasteiger partial charge in [0.05, 0.1) is 12.0 Å². The number of ether oxygens (including phenoxy) is 1. The zero-order chi connectivity index (χ0) is 13.7. The molecule has 1 unspecified atom stereocenters. The van der Waals surface area contributed by atoms with Gasteiger partial charge in [0.2, 0.25) is 0 Å². The molecular formula is C15H20ClNO2. The molecular weight excluding hydrogens is 262 g/mol. The molecule has 1 aromatic carbocycles. The quantitative estimate of drug-likeness (QED) is 0.777. The van der Waals surface area contributed by atoms with Crippen LogP contribution in [0.15, 0.2) is 24.3 Å². The fourth-order valence-electron chi connectivity index (χ4n) is 2.64. The van der Waals surface area contributed by atoms with E-state index in [0.29, 0.717) is 13.2 Å². The Hall–Kier alpha value is -0.900. The van der Waals surface area contributed by atoms with Gasteiger partial charge < -0.3 is 14.4 Å². The highest BCUT2D eigenvalue weighted by Crippen LogP contribution is 2.28. The minimum absolute atomic E-state index is 0.353. The van der Waals surface area contributed by atoms with E-state index in [9.17, 15) is 4.79 Å². The minimum Gasteiger partial charge on any atom is -0.380 e. The molecule has 1 atom stereocenters. The summed E-state index contributed by atoms with van der Waals surface area (Å²) < 4.78 is 5.47. The van der Waals surface area contributed by atoms with Crippen molar-refractivity contribution in [2.75, 3.05) is 26.8 Å². The molecule has 0 bridgehead atoms. The zero-order valence-corrected chi connectivity index (χ0v) is 12.0. The average Bonchev–Trinajstić information content (AvgIpc) is 2.42. The van der Waals surface area contributed by atoms with Crippen LogP contribution in [0.1, 0.15) is 18.4 Å². The van der Waals surface area contributed by atoms with Crippen molar-refractivity contribution in [2.24, 2.45) is 5.41 Å². The topological polar surface area (TPSA) is 29.5 Å². The van der Waals surface area contributed by atoms with Crippen LogP contribution in [0.3, 0.4) is 0 Å². The maximum Gasteiger partial charge on any atom is 0.129 e. The molecule has 3 nitrogen and oxygen atoms in total. The Kier molecular flexibility index (Phi) is 4.97. The normalized spacial score (nSPS) is 23.5. The van der Waals surface area contributed by atoms with Crippen LogP contribution < -0.4 is 0 Å². The van der Waals surface area contributed by atoms with E-state index in [1.807, 2.05) is 31.3 Å². The lowest BCUT2D eigenvalue weighted by atomic mass is 9.83. The highest BCUT2D eigenvalue weighted by Gasteiger charge is 2.33. The molecule has 0 amide bonds. The number of hydrogen-bond acceptors (Lipinski definition) is 3. The molecule has 0 spiro atoms. The maximum absolute atomic E-state index is 11.4. The van der Waals surface area contributed by atoms with Crippen LogP contribution in [0, 0.1) is 5.41 Å². The van der Waals surface area contributed by atoms with Crippen LogP contribution in [0.25, 0.3) is 0 Å². The van der Waals surface area contributed by atoms with Gasteiger partial charge in [-0.15, -0.1) is 0 Å². The molecule has 1 fully saturated rings. The molecule has 0 aliphatic carbocycles. The molecule has 0 N–H and O–H groups in total. The number of rotatable bonds is 5. The number of carbonyl (C=O) groups excluding carboxylic acids is 1. The third-order valence-corrected chi connectivity index (χ3v) is 3.95. The van der Waals surface area contributed by atoms with Gasteiger partial charge >= 0.3 is 0 Å². The fourth-order valence-corrected chi connectivity index (χ4v) is 2.84. The molecule has 4 heteroatoms. The standard InChI is InChI=1S/C15H20ClNO2/c1-17(9-13-5-2-3-6-14(13)16)10-15(11-18)7-4-8-19-12-15/h2-3,5-6,11H,4,7-10,12H2,1H3. The lowest BCUT2D eigenvalue weighted by molar-refractivity contribution is -0.125. The second-order valence-electron chi connectivity index (χ2n) is 5.40. The van der Waals surface area contributed by atoms with Crippen molar-refractivity contribution in [3.63, 3.8) is 0 Å². The van der Waals surface area contributed by atoms with Crippen molar-refractivity contribution in [2.45, 2.75) is 19.4 Å². The smallest absolute Gasteiger partial charge is 0.129 e. The van der Waals surface area contributed by atoms with E-state index in [2.05, 4.69) is 4.90 Å². The predicted molar refractivity (Wildman–Crippen MR) is 76.3 cm³/mol. The van der Waals surface area contributed by atoms with Crippen molar-refractivity contribution in [1.82, 2.24) is 4.90 Å². The van der Waals surface area contributed by atoms with Gasteiger partial charge in [0.25, 0.3) is 0 Å². The Balaban J connectivity index is 1.98. The molecule has 104 valence electrons. The molecule has 1 aliphatic rings. The molecule has 0 radical (unpaired) electrons. The van der Waals surface area contributed by atoms with E-state index in [-0.39, 0.29) is 5.41 Å². The van der Waals surface area contributed by atoms with Gasteiger partial charge in [0.1, 0.15) is 6.29 Å². The first-order valence-corrected chi connectivity index (χ1v) is 6.99. The number of aldehydes is 1. The monoisotopic (exact) mass is 281 g/mol. The first kappa shape index (κ1) is 14.5. The second-order valence-corrected chi connectivity index (χ2v) is 5.81. The van der Waals surface area contributed by atoms with Crippen molar-refractivity contribution in [1.29, 1.82) is 0 Å². The van der Waals surface area contributed by atoms with Gasteiger partial charge in [-0.2, -0.15) is 0 Å². The molecule has 0 aromatic heterocycles. The van der Waals surface area contributed by atoms with Gasteiger partial charge in [-0.1, -0.05) is 29.8 Å². The average molecular weight is 282 g/mol. The summed E-state index contributed by atoms with van der Waals surface area (Å²) >= 11 is 6.16. The van der Waals surface area contributed by atoms with E-state index in [0.717, 1.165) is 42.9 Å². The van der Waals surface area contributed by atoms with Crippen LogP contribution in [0.5, 0.6) is 0 Å². The van der Waals surface area contributed by atoms with Crippen molar-refractivity contribution < 1.29 is 9.53 Å². The SMILES string of the molecule is CN(Cc1ccccc1Cl)CC1(C=O)CCCOC1. The van der Waals surface area contributed by atoms with Crippen molar-refractivity contribution in [3.8, 4) is 0 Å². The second kappa shape index (κ2) is 6.51. The summed E-state index contributed by atoms with van der Waals surface area (Å²) in [6, 6.07) is 7.82. The van der Waals surface area contributed by atoms with E-state index in [1.165, 1.54) is 0 Å². The zero-order valence-electron chi connectivity index (χ0n) is 11.3. The molecule has 0 saturated carbocycles. The van der Waals surface area contributed by atoms with E-state index < -0.39 is 0 Å². The van der Waals surface area contributed by atoms with Crippen LogP contribution >= 0.6 is 11.6 Å².